The van der Waals surface area contributed by atoms with Crippen molar-refractivity contribution in [1.29, 1.82) is 0 Å². The Kier molecular flexibility index (Phi) is 5.42. The van der Waals surface area contributed by atoms with Crippen molar-refractivity contribution in [2.45, 2.75) is 46.3 Å². The summed E-state index contributed by atoms with van der Waals surface area (Å²) in [6.07, 6.45) is 0. The lowest BCUT2D eigenvalue weighted by atomic mass is 10.2. The minimum atomic E-state index is 0.292. The lowest BCUT2D eigenvalue weighted by Crippen LogP contribution is -2.26. The van der Waals surface area contributed by atoms with E-state index in [1.165, 1.54) is 0 Å². The highest BCUT2D eigenvalue weighted by Crippen LogP contribution is 2.09. The van der Waals surface area contributed by atoms with Gasteiger partial charge in [0.15, 0.2) is 5.82 Å². The molecule has 0 atom stereocenters. The third-order valence-corrected chi connectivity index (χ3v) is 2.02. The molecule has 0 saturated heterocycles. The topological polar surface area (TPSA) is 60.2 Å². The van der Waals surface area contributed by atoms with E-state index in [9.17, 15) is 0 Å². The smallest absolute Gasteiger partial charge is 0.252 e. The number of aromatic nitrogens is 2. The molecule has 0 unspecified atom stereocenters. The SMILES string of the molecule is CC(C)NCCOCc1nc(C(C)C)no1. The third kappa shape index (κ3) is 4.72. The first kappa shape index (κ1) is 13.1. The Morgan fingerprint density at radius 2 is 2.06 bits per heavy atom. The molecule has 0 radical (unpaired) electrons. The van der Waals surface area contributed by atoms with Crippen LogP contribution in [0.1, 0.15) is 45.3 Å². The molecule has 0 aliphatic carbocycles. The first-order valence-corrected chi connectivity index (χ1v) is 5.73. The van der Waals surface area contributed by atoms with Crippen LogP contribution in [0.15, 0.2) is 4.52 Å². The van der Waals surface area contributed by atoms with Crippen molar-refractivity contribution < 1.29 is 9.26 Å². The minimum absolute atomic E-state index is 0.292. The molecule has 0 aliphatic rings. The van der Waals surface area contributed by atoms with Crippen molar-refractivity contribution in [3.63, 3.8) is 0 Å². The van der Waals surface area contributed by atoms with Crippen LogP contribution in [0.25, 0.3) is 0 Å². The van der Waals surface area contributed by atoms with Crippen LogP contribution >= 0.6 is 0 Å². The second kappa shape index (κ2) is 6.60. The second-order valence-electron chi connectivity index (χ2n) is 4.36. The normalized spacial score (nSPS) is 11.6. The summed E-state index contributed by atoms with van der Waals surface area (Å²) < 4.78 is 10.5. The average molecular weight is 227 g/mol. The Bertz CT molecular complexity index is 297. The Morgan fingerprint density at radius 3 is 2.62 bits per heavy atom. The Hall–Kier alpha value is -0.940. The highest BCUT2D eigenvalue weighted by molar-refractivity contribution is 4.90. The first-order chi connectivity index (χ1) is 7.59. The molecule has 1 aromatic rings. The first-order valence-electron chi connectivity index (χ1n) is 5.73. The molecule has 16 heavy (non-hydrogen) atoms. The number of nitrogens with one attached hydrogen (secondary N) is 1. The standard InChI is InChI=1S/C11H21N3O2/c1-8(2)11-13-10(16-14-11)7-15-6-5-12-9(3)4/h8-9,12H,5-7H2,1-4H3. The van der Waals surface area contributed by atoms with Gasteiger partial charge in [0, 0.05) is 18.5 Å². The van der Waals surface area contributed by atoms with Crippen LogP contribution in [0, 0.1) is 0 Å². The van der Waals surface area contributed by atoms with Crippen molar-refractivity contribution in [1.82, 2.24) is 15.5 Å². The van der Waals surface area contributed by atoms with Gasteiger partial charge in [-0.15, -0.1) is 0 Å². The fraction of sp³-hybridized carbons (Fsp3) is 0.818. The van der Waals surface area contributed by atoms with Gasteiger partial charge in [-0.25, -0.2) is 0 Å². The summed E-state index contributed by atoms with van der Waals surface area (Å²) in [5.41, 5.74) is 0. The van der Waals surface area contributed by atoms with Crippen LogP contribution in [-0.2, 0) is 11.3 Å². The van der Waals surface area contributed by atoms with E-state index in [0.29, 0.717) is 31.1 Å². The van der Waals surface area contributed by atoms with Gasteiger partial charge in [0.2, 0.25) is 0 Å². The molecule has 0 amide bonds. The van der Waals surface area contributed by atoms with E-state index in [1.54, 1.807) is 0 Å². The van der Waals surface area contributed by atoms with Crippen molar-refractivity contribution in [2.75, 3.05) is 13.2 Å². The van der Waals surface area contributed by atoms with Gasteiger partial charge in [-0.2, -0.15) is 4.98 Å². The van der Waals surface area contributed by atoms with E-state index in [0.717, 1.165) is 12.4 Å². The van der Waals surface area contributed by atoms with Gasteiger partial charge in [0.1, 0.15) is 6.61 Å². The van der Waals surface area contributed by atoms with Crippen LogP contribution in [0.3, 0.4) is 0 Å². The quantitative estimate of drug-likeness (QED) is 0.718. The summed E-state index contributed by atoms with van der Waals surface area (Å²) in [7, 11) is 0. The predicted octanol–water partition coefficient (Wildman–Crippen LogP) is 1.71. The summed E-state index contributed by atoms with van der Waals surface area (Å²) in [6, 6.07) is 0.486. The number of rotatable bonds is 7. The van der Waals surface area contributed by atoms with Gasteiger partial charge in [0.25, 0.3) is 5.89 Å². The monoisotopic (exact) mass is 227 g/mol. The second-order valence-corrected chi connectivity index (χ2v) is 4.36. The van der Waals surface area contributed by atoms with Gasteiger partial charge in [0.05, 0.1) is 6.61 Å². The summed E-state index contributed by atoms with van der Waals surface area (Å²) in [6.45, 7) is 10.1. The van der Waals surface area contributed by atoms with E-state index in [1.807, 2.05) is 13.8 Å². The Balaban J connectivity index is 2.17. The molecule has 1 N–H and O–H groups in total. The molecule has 1 aromatic heterocycles. The van der Waals surface area contributed by atoms with E-state index in [4.69, 9.17) is 9.26 Å². The molecule has 92 valence electrons. The zero-order valence-electron chi connectivity index (χ0n) is 10.5. The molecule has 0 spiro atoms. The molecular formula is C11H21N3O2. The van der Waals surface area contributed by atoms with Crippen molar-refractivity contribution in [3.8, 4) is 0 Å². The van der Waals surface area contributed by atoms with Crippen LogP contribution in [-0.4, -0.2) is 29.3 Å². The van der Waals surface area contributed by atoms with E-state index >= 15 is 0 Å². The molecular weight excluding hydrogens is 206 g/mol. The van der Waals surface area contributed by atoms with Gasteiger partial charge in [-0.3, -0.25) is 0 Å². The minimum Gasteiger partial charge on any atom is -0.370 e. The zero-order chi connectivity index (χ0) is 12.0. The largest absolute Gasteiger partial charge is 0.370 e. The fourth-order valence-electron chi connectivity index (χ4n) is 1.14. The Labute approximate surface area is 96.6 Å². The summed E-state index contributed by atoms with van der Waals surface area (Å²) in [5.74, 6) is 1.58. The maximum Gasteiger partial charge on any atom is 0.252 e. The fourth-order valence-corrected chi connectivity index (χ4v) is 1.14. The van der Waals surface area contributed by atoms with Crippen LogP contribution in [0.2, 0.25) is 0 Å². The van der Waals surface area contributed by atoms with Crippen molar-refractivity contribution in [2.24, 2.45) is 0 Å². The molecule has 1 rings (SSSR count). The van der Waals surface area contributed by atoms with Crippen molar-refractivity contribution in [3.05, 3.63) is 11.7 Å². The highest BCUT2D eigenvalue weighted by atomic mass is 16.5. The Morgan fingerprint density at radius 1 is 1.31 bits per heavy atom. The molecule has 0 fully saturated rings. The maximum absolute atomic E-state index is 5.40. The number of hydrogen-bond donors (Lipinski definition) is 1. The molecule has 0 aliphatic heterocycles. The number of nitrogens with zero attached hydrogens (tertiary/aromatic N) is 2. The van der Waals surface area contributed by atoms with Crippen molar-refractivity contribution >= 4 is 0 Å². The molecule has 0 bridgehead atoms. The van der Waals surface area contributed by atoms with Crippen LogP contribution in [0.5, 0.6) is 0 Å². The number of hydrogen-bond acceptors (Lipinski definition) is 5. The van der Waals surface area contributed by atoms with Gasteiger partial charge < -0.3 is 14.6 Å². The third-order valence-electron chi connectivity index (χ3n) is 2.02. The lowest BCUT2D eigenvalue weighted by Gasteiger charge is -2.06. The maximum atomic E-state index is 5.40. The summed E-state index contributed by atoms with van der Waals surface area (Å²) in [4.78, 5) is 4.22. The number of ether oxygens (including phenoxy) is 1. The predicted molar refractivity (Wildman–Crippen MR) is 61.2 cm³/mol. The van der Waals surface area contributed by atoms with E-state index in [2.05, 4.69) is 29.3 Å². The van der Waals surface area contributed by atoms with Gasteiger partial charge in [-0.05, 0) is 0 Å². The average Bonchev–Trinajstić information content (AvgIpc) is 2.65. The highest BCUT2D eigenvalue weighted by Gasteiger charge is 2.09. The van der Waals surface area contributed by atoms with Gasteiger partial charge >= 0.3 is 0 Å². The zero-order valence-corrected chi connectivity index (χ0v) is 10.5. The molecule has 5 heteroatoms. The molecule has 0 saturated carbocycles. The molecule has 5 nitrogen and oxygen atoms in total. The summed E-state index contributed by atoms with van der Waals surface area (Å²) >= 11 is 0. The summed E-state index contributed by atoms with van der Waals surface area (Å²) in [5, 5.41) is 7.12. The molecule has 0 aromatic carbocycles. The lowest BCUT2D eigenvalue weighted by molar-refractivity contribution is 0.0984. The van der Waals surface area contributed by atoms with Crippen LogP contribution in [0.4, 0.5) is 0 Å². The van der Waals surface area contributed by atoms with Gasteiger partial charge in [-0.1, -0.05) is 32.9 Å². The van der Waals surface area contributed by atoms with Crippen LogP contribution < -0.4 is 5.32 Å². The van der Waals surface area contributed by atoms with E-state index < -0.39 is 0 Å². The molecule has 1 heterocycles. The van der Waals surface area contributed by atoms with E-state index in [-0.39, 0.29) is 0 Å².